The molecule has 2 N–H and O–H groups in total. The smallest absolute Gasteiger partial charge is 0.191 e. The van der Waals surface area contributed by atoms with Gasteiger partial charge >= 0.3 is 0 Å². The van der Waals surface area contributed by atoms with Gasteiger partial charge in [0, 0.05) is 51.9 Å². The van der Waals surface area contributed by atoms with Crippen LogP contribution in [0.2, 0.25) is 0 Å². The van der Waals surface area contributed by atoms with Crippen LogP contribution in [-0.2, 0) is 6.54 Å². The molecule has 1 aromatic rings. The Morgan fingerprint density at radius 3 is 2.46 bits per heavy atom. The molecule has 3 rings (SSSR count). The molecule has 2 aliphatic rings. The van der Waals surface area contributed by atoms with E-state index in [1.165, 1.54) is 18.4 Å². The van der Waals surface area contributed by atoms with E-state index in [0.29, 0.717) is 6.04 Å². The summed E-state index contributed by atoms with van der Waals surface area (Å²) < 4.78 is 0. The van der Waals surface area contributed by atoms with Crippen molar-refractivity contribution in [1.82, 2.24) is 20.4 Å². The van der Waals surface area contributed by atoms with Gasteiger partial charge in [0.05, 0.1) is 6.54 Å². The fraction of sp³-hybridized carbons (Fsp3) is 0.632. The van der Waals surface area contributed by atoms with Gasteiger partial charge in [-0.1, -0.05) is 30.3 Å². The van der Waals surface area contributed by atoms with Crippen LogP contribution in [0, 0.1) is 0 Å². The predicted molar refractivity (Wildman–Crippen MR) is 100 cm³/mol. The van der Waals surface area contributed by atoms with Crippen molar-refractivity contribution < 1.29 is 0 Å². The zero-order chi connectivity index (χ0) is 16.6. The topological polar surface area (TPSA) is 42.9 Å². The van der Waals surface area contributed by atoms with Crippen LogP contribution in [0.5, 0.6) is 0 Å². The third-order valence-corrected chi connectivity index (χ3v) is 4.66. The van der Waals surface area contributed by atoms with Gasteiger partial charge in [-0.2, -0.15) is 0 Å². The summed E-state index contributed by atoms with van der Waals surface area (Å²) in [5.41, 5.74) is 1.41. The van der Waals surface area contributed by atoms with E-state index in [0.717, 1.165) is 58.3 Å². The largest absolute Gasteiger partial charge is 0.357 e. The number of hydrogen-bond acceptors (Lipinski definition) is 3. The molecule has 0 amide bonds. The molecule has 0 unspecified atom stereocenters. The lowest BCUT2D eigenvalue weighted by Crippen LogP contribution is -2.46. The molecule has 2 fully saturated rings. The SMILES string of the molecule is CCNC(=NCCN1CCN(Cc2ccccc2)CC1)NC1CC1. The molecule has 1 aromatic carbocycles. The van der Waals surface area contributed by atoms with Crippen molar-refractivity contribution in [3.05, 3.63) is 35.9 Å². The molecule has 1 saturated carbocycles. The van der Waals surface area contributed by atoms with Crippen LogP contribution in [0.25, 0.3) is 0 Å². The van der Waals surface area contributed by atoms with E-state index in [1.807, 2.05) is 0 Å². The van der Waals surface area contributed by atoms with Crippen molar-refractivity contribution in [2.75, 3.05) is 45.8 Å². The molecule has 0 aromatic heterocycles. The molecule has 1 aliphatic heterocycles. The third kappa shape index (κ3) is 5.80. The van der Waals surface area contributed by atoms with Gasteiger partial charge in [-0.15, -0.1) is 0 Å². The monoisotopic (exact) mass is 329 g/mol. The van der Waals surface area contributed by atoms with E-state index in [2.05, 4.69) is 57.7 Å². The van der Waals surface area contributed by atoms with Gasteiger partial charge in [-0.25, -0.2) is 0 Å². The Balaban J connectivity index is 1.35. The number of rotatable bonds is 7. The minimum atomic E-state index is 0.657. The molecular formula is C19H31N5. The summed E-state index contributed by atoms with van der Waals surface area (Å²) in [4.78, 5) is 9.80. The summed E-state index contributed by atoms with van der Waals surface area (Å²) in [6.07, 6.45) is 2.57. The molecule has 5 nitrogen and oxygen atoms in total. The summed E-state index contributed by atoms with van der Waals surface area (Å²) in [5.74, 6) is 0.989. The lowest BCUT2D eigenvalue weighted by Gasteiger charge is -2.34. The van der Waals surface area contributed by atoms with E-state index < -0.39 is 0 Å². The first kappa shape index (κ1) is 17.2. The van der Waals surface area contributed by atoms with E-state index in [4.69, 9.17) is 4.99 Å². The van der Waals surface area contributed by atoms with Crippen LogP contribution < -0.4 is 10.6 Å². The van der Waals surface area contributed by atoms with E-state index in [1.54, 1.807) is 0 Å². The summed E-state index contributed by atoms with van der Waals surface area (Å²) in [6.45, 7) is 10.7. The van der Waals surface area contributed by atoms with Gasteiger partial charge in [0.15, 0.2) is 5.96 Å². The lowest BCUT2D eigenvalue weighted by molar-refractivity contribution is 0.130. The summed E-state index contributed by atoms with van der Waals surface area (Å²) in [7, 11) is 0. The number of hydrogen-bond donors (Lipinski definition) is 2. The van der Waals surface area contributed by atoms with Gasteiger partial charge in [-0.05, 0) is 25.3 Å². The number of piperazine rings is 1. The van der Waals surface area contributed by atoms with Crippen molar-refractivity contribution in [2.45, 2.75) is 32.4 Å². The molecule has 132 valence electrons. The van der Waals surface area contributed by atoms with Crippen molar-refractivity contribution in [2.24, 2.45) is 4.99 Å². The fourth-order valence-electron chi connectivity index (χ4n) is 3.06. The van der Waals surface area contributed by atoms with E-state index in [9.17, 15) is 0 Å². The van der Waals surface area contributed by atoms with Gasteiger partial charge in [-0.3, -0.25) is 14.8 Å². The summed E-state index contributed by atoms with van der Waals surface area (Å²) in [6, 6.07) is 11.4. The van der Waals surface area contributed by atoms with Gasteiger partial charge in [0.2, 0.25) is 0 Å². The van der Waals surface area contributed by atoms with Gasteiger partial charge in [0.25, 0.3) is 0 Å². The van der Waals surface area contributed by atoms with Crippen LogP contribution in [0.15, 0.2) is 35.3 Å². The van der Waals surface area contributed by atoms with Crippen LogP contribution in [0.3, 0.4) is 0 Å². The molecule has 0 bridgehead atoms. The van der Waals surface area contributed by atoms with Crippen LogP contribution >= 0.6 is 0 Å². The van der Waals surface area contributed by atoms with Gasteiger partial charge < -0.3 is 10.6 Å². The normalized spacial score (nSPS) is 20.1. The third-order valence-electron chi connectivity index (χ3n) is 4.66. The average Bonchev–Trinajstić information content (AvgIpc) is 3.42. The summed E-state index contributed by atoms with van der Waals surface area (Å²) >= 11 is 0. The molecule has 1 aliphatic carbocycles. The van der Waals surface area contributed by atoms with Crippen molar-refractivity contribution in [3.63, 3.8) is 0 Å². The second-order valence-corrected chi connectivity index (χ2v) is 6.78. The highest BCUT2D eigenvalue weighted by Gasteiger charge is 2.22. The van der Waals surface area contributed by atoms with Crippen molar-refractivity contribution in [3.8, 4) is 0 Å². The maximum atomic E-state index is 4.71. The predicted octanol–water partition coefficient (Wildman–Crippen LogP) is 1.52. The fourth-order valence-corrected chi connectivity index (χ4v) is 3.06. The van der Waals surface area contributed by atoms with Crippen LogP contribution in [-0.4, -0.2) is 67.6 Å². The Bertz CT molecular complexity index is 504. The Kier molecular flexibility index (Phi) is 6.49. The van der Waals surface area contributed by atoms with Crippen LogP contribution in [0.4, 0.5) is 0 Å². The van der Waals surface area contributed by atoms with E-state index >= 15 is 0 Å². The zero-order valence-electron chi connectivity index (χ0n) is 14.9. The summed E-state index contributed by atoms with van der Waals surface area (Å²) in [5, 5.41) is 6.81. The highest BCUT2D eigenvalue weighted by Crippen LogP contribution is 2.18. The highest BCUT2D eigenvalue weighted by molar-refractivity contribution is 5.80. The zero-order valence-corrected chi connectivity index (χ0v) is 14.9. The molecule has 0 atom stereocenters. The molecular weight excluding hydrogens is 298 g/mol. The molecule has 1 heterocycles. The van der Waals surface area contributed by atoms with Gasteiger partial charge in [0.1, 0.15) is 0 Å². The number of nitrogens with zero attached hydrogens (tertiary/aromatic N) is 3. The number of nitrogens with one attached hydrogen (secondary N) is 2. The molecule has 24 heavy (non-hydrogen) atoms. The first-order valence-electron chi connectivity index (χ1n) is 9.37. The van der Waals surface area contributed by atoms with Crippen LogP contribution in [0.1, 0.15) is 25.3 Å². The van der Waals surface area contributed by atoms with E-state index in [-0.39, 0.29) is 0 Å². The Labute approximate surface area is 146 Å². The number of guanidine groups is 1. The minimum absolute atomic E-state index is 0.657. The average molecular weight is 329 g/mol. The first-order chi connectivity index (χ1) is 11.8. The minimum Gasteiger partial charge on any atom is -0.357 e. The first-order valence-corrected chi connectivity index (χ1v) is 9.37. The highest BCUT2D eigenvalue weighted by atomic mass is 15.3. The maximum absolute atomic E-state index is 4.71. The maximum Gasteiger partial charge on any atom is 0.191 e. The number of benzene rings is 1. The Morgan fingerprint density at radius 1 is 1.08 bits per heavy atom. The second kappa shape index (κ2) is 9.04. The number of aliphatic imine (C=N–C) groups is 1. The molecule has 0 spiro atoms. The Hall–Kier alpha value is -1.59. The molecule has 1 saturated heterocycles. The second-order valence-electron chi connectivity index (χ2n) is 6.78. The van der Waals surface area contributed by atoms with Crippen molar-refractivity contribution in [1.29, 1.82) is 0 Å². The molecule has 0 radical (unpaired) electrons. The lowest BCUT2D eigenvalue weighted by atomic mass is 10.2. The van der Waals surface area contributed by atoms with Crippen molar-refractivity contribution >= 4 is 5.96 Å². The quantitative estimate of drug-likeness (QED) is 0.588. The standard InChI is InChI=1S/C19H31N5/c1-2-20-19(22-18-8-9-18)21-10-11-23-12-14-24(15-13-23)16-17-6-4-3-5-7-17/h3-7,18H,2,8-16H2,1H3,(H2,20,21,22). The Morgan fingerprint density at radius 2 is 1.79 bits per heavy atom. The molecule has 5 heteroatoms.